The van der Waals surface area contributed by atoms with Crippen LogP contribution in [0.3, 0.4) is 0 Å². The summed E-state index contributed by atoms with van der Waals surface area (Å²) in [5.74, 6) is 0. The van der Waals surface area contributed by atoms with Gasteiger partial charge in [0.15, 0.2) is 0 Å². The first-order chi connectivity index (χ1) is 6.87. The summed E-state index contributed by atoms with van der Waals surface area (Å²) >= 11 is 0. The highest BCUT2D eigenvalue weighted by atomic mass is 15.1. The second-order valence-corrected chi connectivity index (χ2v) is 4.41. The Morgan fingerprint density at radius 3 is 2.67 bits per heavy atom. The van der Waals surface area contributed by atoms with Crippen molar-refractivity contribution >= 4 is 0 Å². The number of rotatable bonds is 3. The predicted molar refractivity (Wildman–Crippen MR) is 59.2 cm³/mol. The van der Waals surface area contributed by atoms with Crippen LogP contribution in [0.1, 0.15) is 37.7 Å². The summed E-state index contributed by atoms with van der Waals surface area (Å²) in [7, 11) is 0. The number of aryl methyl sites for hydroxylation is 1. The molecule has 0 aromatic carbocycles. The van der Waals surface area contributed by atoms with E-state index in [0.29, 0.717) is 6.42 Å². The molecule has 0 spiro atoms. The lowest BCUT2D eigenvalue weighted by Gasteiger charge is -2.22. The second-order valence-electron chi connectivity index (χ2n) is 4.41. The van der Waals surface area contributed by atoms with E-state index in [1.54, 1.807) is 6.92 Å². The molecule has 0 bridgehead atoms. The molecule has 2 atom stereocenters. The van der Waals surface area contributed by atoms with E-state index in [1.165, 1.54) is 0 Å². The highest BCUT2D eigenvalue weighted by molar-refractivity contribution is 5.11. The first-order valence-electron chi connectivity index (χ1n) is 5.07. The molecule has 4 heteroatoms. The Morgan fingerprint density at radius 1 is 1.67 bits per heavy atom. The number of aromatic nitrogens is 2. The van der Waals surface area contributed by atoms with Crippen LogP contribution in [0.5, 0.6) is 0 Å². The summed E-state index contributed by atoms with van der Waals surface area (Å²) in [5, 5.41) is 8.86. The van der Waals surface area contributed by atoms with Gasteiger partial charge in [0, 0.05) is 11.7 Å². The first-order valence-corrected chi connectivity index (χ1v) is 5.07. The normalized spacial score (nSPS) is 16.8. The molecule has 0 fully saturated rings. The zero-order valence-electron chi connectivity index (χ0n) is 9.78. The largest absolute Gasteiger partial charge is 0.332 e. The van der Waals surface area contributed by atoms with Gasteiger partial charge in [-0.1, -0.05) is 0 Å². The molecule has 0 aliphatic carbocycles. The molecule has 0 aliphatic heterocycles. The predicted octanol–water partition coefficient (Wildman–Crippen LogP) is 1.69. The molecule has 15 heavy (non-hydrogen) atoms. The zero-order chi connectivity index (χ0) is 11.6. The van der Waals surface area contributed by atoms with E-state index >= 15 is 0 Å². The monoisotopic (exact) mass is 206 g/mol. The minimum Gasteiger partial charge on any atom is -0.332 e. The standard InChI is InChI=1S/C11H18N4/c1-8(5-11(4,13)6-12)15-7-14-9(2)10(15)3/h7-8H,5,13H2,1-4H3. The smallest absolute Gasteiger partial charge is 0.103 e. The number of nitriles is 1. The van der Waals surface area contributed by atoms with E-state index in [9.17, 15) is 0 Å². The lowest BCUT2D eigenvalue weighted by Crippen LogP contribution is -2.36. The van der Waals surface area contributed by atoms with Gasteiger partial charge in [0.05, 0.1) is 18.1 Å². The summed E-state index contributed by atoms with van der Waals surface area (Å²) in [5.41, 5.74) is 7.20. The van der Waals surface area contributed by atoms with E-state index in [-0.39, 0.29) is 6.04 Å². The van der Waals surface area contributed by atoms with Gasteiger partial charge in [-0.2, -0.15) is 5.26 Å². The minimum absolute atomic E-state index is 0.195. The fourth-order valence-electron chi connectivity index (χ4n) is 1.72. The molecule has 1 heterocycles. The third-order valence-electron chi connectivity index (χ3n) is 2.74. The Hall–Kier alpha value is -1.34. The summed E-state index contributed by atoms with van der Waals surface area (Å²) < 4.78 is 2.07. The van der Waals surface area contributed by atoms with Crippen molar-refractivity contribution in [2.75, 3.05) is 0 Å². The van der Waals surface area contributed by atoms with Gasteiger partial charge < -0.3 is 10.3 Å². The second kappa shape index (κ2) is 4.03. The molecule has 1 aromatic heterocycles. The molecular weight excluding hydrogens is 188 g/mol. The van der Waals surface area contributed by atoms with Crippen molar-refractivity contribution in [1.82, 2.24) is 9.55 Å². The molecule has 2 N–H and O–H groups in total. The lowest BCUT2D eigenvalue weighted by molar-refractivity contribution is 0.408. The fourth-order valence-corrected chi connectivity index (χ4v) is 1.72. The Morgan fingerprint density at radius 2 is 2.27 bits per heavy atom. The van der Waals surface area contributed by atoms with Crippen molar-refractivity contribution in [3.05, 3.63) is 17.7 Å². The molecule has 0 amide bonds. The number of nitrogens with zero attached hydrogens (tertiary/aromatic N) is 3. The van der Waals surface area contributed by atoms with Gasteiger partial charge in [0.1, 0.15) is 5.54 Å². The molecule has 0 radical (unpaired) electrons. The van der Waals surface area contributed by atoms with Gasteiger partial charge in [-0.05, 0) is 34.1 Å². The van der Waals surface area contributed by atoms with Crippen LogP contribution in [0.2, 0.25) is 0 Å². The number of nitrogens with two attached hydrogens (primary N) is 1. The Balaban J connectivity index is 2.83. The number of hydrogen-bond acceptors (Lipinski definition) is 3. The van der Waals surface area contributed by atoms with Gasteiger partial charge in [0.25, 0.3) is 0 Å². The fraction of sp³-hybridized carbons (Fsp3) is 0.636. The van der Waals surface area contributed by atoms with Gasteiger partial charge in [-0.25, -0.2) is 4.98 Å². The molecule has 0 saturated heterocycles. The molecule has 0 aliphatic rings. The van der Waals surface area contributed by atoms with Gasteiger partial charge in [0.2, 0.25) is 0 Å². The maximum atomic E-state index is 8.86. The lowest BCUT2D eigenvalue weighted by atomic mass is 9.96. The van der Waals surface area contributed by atoms with E-state index in [0.717, 1.165) is 11.4 Å². The Labute approximate surface area is 90.7 Å². The van der Waals surface area contributed by atoms with Crippen molar-refractivity contribution in [3.63, 3.8) is 0 Å². The highest BCUT2D eigenvalue weighted by Crippen LogP contribution is 2.20. The summed E-state index contributed by atoms with van der Waals surface area (Å²) in [6, 6.07) is 2.31. The van der Waals surface area contributed by atoms with E-state index in [2.05, 4.69) is 22.5 Å². The quantitative estimate of drug-likeness (QED) is 0.818. The first kappa shape index (κ1) is 11.7. The van der Waals surface area contributed by atoms with Crippen LogP contribution in [0.15, 0.2) is 6.33 Å². The SMILES string of the molecule is Cc1ncn(C(C)CC(C)(N)C#N)c1C. The zero-order valence-corrected chi connectivity index (χ0v) is 9.78. The average Bonchev–Trinajstić information content (AvgIpc) is 2.47. The van der Waals surface area contributed by atoms with Crippen molar-refractivity contribution in [3.8, 4) is 6.07 Å². The third-order valence-corrected chi connectivity index (χ3v) is 2.74. The summed E-state index contributed by atoms with van der Waals surface area (Å²) in [6.45, 7) is 7.81. The van der Waals surface area contributed by atoms with Crippen LogP contribution >= 0.6 is 0 Å². The van der Waals surface area contributed by atoms with Crippen LogP contribution in [0.25, 0.3) is 0 Å². The molecule has 1 rings (SSSR count). The average molecular weight is 206 g/mol. The maximum absolute atomic E-state index is 8.86. The van der Waals surface area contributed by atoms with Crippen molar-refractivity contribution in [2.24, 2.45) is 5.73 Å². The van der Waals surface area contributed by atoms with E-state index in [4.69, 9.17) is 11.0 Å². The maximum Gasteiger partial charge on any atom is 0.103 e. The third kappa shape index (κ3) is 2.57. The highest BCUT2D eigenvalue weighted by Gasteiger charge is 2.22. The van der Waals surface area contributed by atoms with Crippen LogP contribution in [0, 0.1) is 25.2 Å². The molecule has 4 nitrogen and oxygen atoms in total. The summed E-state index contributed by atoms with van der Waals surface area (Å²) in [6.07, 6.45) is 2.43. The Kier molecular flexibility index (Phi) is 3.15. The Bertz CT molecular complexity index is 384. The topological polar surface area (TPSA) is 67.6 Å². The van der Waals surface area contributed by atoms with Crippen LogP contribution in [0.4, 0.5) is 0 Å². The van der Waals surface area contributed by atoms with Gasteiger partial charge in [-0.3, -0.25) is 0 Å². The minimum atomic E-state index is -0.774. The van der Waals surface area contributed by atoms with Crippen LogP contribution in [-0.4, -0.2) is 15.1 Å². The van der Waals surface area contributed by atoms with Crippen molar-refractivity contribution < 1.29 is 0 Å². The van der Waals surface area contributed by atoms with Crippen molar-refractivity contribution in [2.45, 2.75) is 45.7 Å². The molecule has 2 unspecified atom stereocenters. The van der Waals surface area contributed by atoms with Gasteiger partial charge in [-0.15, -0.1) is 0 Å². The molecule has 82 valence electrons. The summed E-state index contributed by atoms with van der Waals surface area (Å²) in [4.78, 5) is 4.23. The van der Waals surface area contributed by atoms with Crippen molar-refractivity contribution in [1.29, 1.82) is 5.26 Å². The molecular formula is C11H18N4. The molecule has 0 saturated carbocycles. The van der Waals surface area contributed by atoms with Crippen LogP contribution in [-0.2, 0) is 0 Å². The van der Waals surface area contributed by atoms with Gasteiger partial charge >= 0.3 is 0 Å². The van der Waals surface area contributed by atoms with Crippen LogP contribution < -0.4 is 5.73 Å². The number of hydrogen-bond donors (Lipinski definition) is 1. The van der Waals surface area contributed by atoms with E-state index in [1.807, 2.05) is 20.2 Å². The number of imidazole rings is 1. The molecule has 1 aromatic rings. The van der Waals surface area contributed by atoms with E-state index < -0.39 is 5.54 Å².